The highest BCUT2D eigenvalue weighted by atomic mass is 32.1. The van der Waals surface area contributed by atoms with Crippen LogP contribution in [-0.4, -0.2) is 20.7 Å². The Bertz CT molecular complexity index is 812. The van der Waals surface area contributed by atoms with Gasteiger partial charge in [0.15, 0.2) is 5.13 Å². The van der Waals surface area contributed by atoms with E-state index in [0.717, 1.165) is 11.4 Å². The molecule has 0 aliphatic carbocycles. The van der Waals surface area contributed by atoms with Crippen molar-refractivity contribution in [2.75, 3.05) is 5.32 Å². The second kappa shape index (κ2) is 7.37. The molecule has 0 fully saturated rings. The lowest BCUT2D eigenvalue weighted by Gasteiger charge is -2.17. The van der Waals surface area contributed by atoms with Crippen molar-refractivity contribution in [1.29, 1.82) is 0 Å². The van der Waals surface area contributed by atoms with Gasteiger partial charge in [0.1, 0.15) is 0 Å². The summed E-state index contributed by atoms with van der Waals surface area (Å²) < 4.78 is 1.87. The Morgan fingerprint density at radius 2 is 2.17 bits per heavy atom. The van der Waals surface area contributed by atoms with Gasteiger partial charge in [0.2, 0.25) is 5.91 Å². The van der Waals surface area contributed by atoms with Gasteiger partial charge in [-0.2, -0.15) is 5.10 Å². The average Bonchev–Trinajstić information content (AvgIpc) is 3.24. The zero-order valence-corrected chi connectivity index (χ0v) is 14.4. The molecule has 1 atom stereocenters. The average molecular weight is 341 g/mol. The highest BCUT2D eigenvalue weighted by molar-refractivity contribution is 7.13. The van der Waals surface area contributed by atoms with Gasteiger partial charge in [0.25, 0.3) is 0 Å². The molecule has 0 unspecified atom stereocenters. The predicted molar refractivity (Wildman–Crippen MR) is 95.2 cm³/mol. The first-order chi connectivity index (χ1) is 11.6. The molecule has 3 aromatic rings. The predicted octanol–water partition coefficient (Wildman–Crippen LogP) is 3.14. The number of para-hydroxylation sites is 1. The number of carbonyl (C=O) groups excluding carboxylic acids is 1. The van der Waals surface area contributed by atoms with Gasteiger partial charge in [0.05, 0.1) is 11.4 Å². The van der Waals surface area contributed by atoms with Crippen LogP contribution < -0.4 is 10.6 Å². The van der Waals surface area contributed by atoms with Crippen molar-refractivity contribution in [1.82, 2.24) is 20.1 Å². The van der Waals surface area contributed by atoms with Crippen LogP contribution in [-0.2, 0) is 11.3 Å². The number of nitrogens with zero attached hydrogens (tertiary/aromatic N) is 3. The van der Waals surface area contributed by atoms with Crippen molar-refractivity contribution in [3.05, 3.63) is 59.4 Å². The van der Waals surface area contributed by atoms with E-state index < -0.39 is 0 Å². The number of carbonyl (C=O) groups is 1. The summed E-state index contributed by atoms with van der Waals surface area (Å²) in [4.78, 5) is 15.5. The molecule has 2 N–H and O–H groups in total. The summed E-state index contributed by atoms with van der Waals surface area (Å²) in [6.45, 7) is 4.22. The molecule has 0 spiro atoms. The maximum absolute atomic E-state index is 11.1. The molecule has 24 heavy (non-hydrogen) atoms. The minimum atomic E-state index is -0.106. The van der Waals surface area contributed by atoms with Gasteiger partial charge in [-0.3, -0.25) is 4.79 Å². The molecule has 0 bridgehead atoms. The van der Waals surface area contributed by atoms with Gasteiger partial charge >= 0.3 is 0 Å². The number of nitrogens with one attached hydrogen (secondary N) is 2. The van der Waals surface area contributed by atoms with Crippen LogP contribution in [0.25, 0.3) is 5.69 Å². The Hall–Kier alpha value is -2.51. The first-order valence-electron chi connectivity index (χ1n) is 7.68. The van der Waals surface area contributed by atoms with Gasteiger partial charge in [-0.15, -0.1) is 11.3 Å². The maximum atomic E-state index is 11.1. The van der Waals surface area contributed by atoms with Crippen molar-refractivity contribution >= 4 is 22.4 Å². The van der Waals surface area contributed by atoms with Crippen LogP contribution in [0.3, 0.4) is 0 Å². The van der Waals surface area contributed by atoms with E-state index in [0.29, 0.717) is 11.7 Å². The van der Waals surface area contributed by atoms with Crippen LogP contribution in [0.4, 0.5) is 5.13 Å². The Morgan fingerprint density at radius 3 is 2.92 bits per heavy atom. The van der Waals surface area contributed by atoms with Crippen LogP contribution in [0.15, 0.2) is 48.1 Å². The molecule has 1 amide bonds. The molecule has 0 saturated carbocycles. The number of anilines is 1. The molecule has 124 valence electrons. The molecule has 3 rings (SSSR count). The third kappa shape index (κ3) is 3.87. The Kier molecular flexibility index (Phi) is 5.02. The topological polar surface area (TPSA) is 71.8 Å². The zero-order valence-electron chi connectivity index (χ0n) is 13.6. The normalized spacial score (nSPS) is 12.1. The first kappa shape index (κ1) is 16.4. The molecule has 0 aliphatic rings. The van der Waals surface area contributed by atoms with E-state index in [1.54, 1.807) is 6.20 Å². The summed E-state index contributed by atoms with van der Waals surface area (Å²) in [6, 6.07) is 10.2. The molecular weight excluding hydrogens is 322 g/mol. The standard InChI is InChI=1S/C17H19N5OS/c1-12(18-10-14-11-24-17(21-14)20-13(2)23)15-6-3-4-7-16(15)22-9-5-8-19-22/h3-9,11-12,18H,10H2,1-2H3,(H,20,21,23)/t12-/m1/s1. The molecule has 6 nitrogen and oxygen atoms in total. The van der Waals surface area contributed by atoms with Crippen molar-refractivity contribution in [3.8, 4) is 5.69 Å². The monoisotopic (exact) mass is 341 g/mol. The molecule has 2 heterocycles. The minimum Gasteiger partial charge on any atom is -0.304 e. The smallest absolute Gasteiger partial charge is 0.223 e. The van der Waals surface area contributed by atoms with E-state index in [2.05, 4.69) is 39.8 Å². The number of benzene rings is 1. The molecule has 0 aliphatic heterocycles. The van der Waals surface area contributed by atoms with Crippen molar-refractivity contribution in [2.24, 2.45) is 0 Å². The Balaban J connectivity index is 1.68. The molecule has 7 heteroatoms. The van der Waals surface area contributed by atoms with Crippen molar-refractivity contribution in [3.63, 3.8) is 0 Å². The SMILES string of the molecule is CC(=O)Nc1nc(CN[C@H](C)c2ccccc2-n2cccn2)cs1. The summed E-state index contributed by atoms with van der Waals surface area (Å²) in [5, 5.41) is 13.1. The lowest BCUT2D eigenvalue weighted by molar-refractivity contribution is -0.114. The summed E-state index contributed by atoms with van der Waals surface area (Å²) >= 11 is 1.43. The van der Waals surface area contributed by atoms with E-state index in [9.17, 15) is 4.79 Å². The van der Waals surface area contributed by atoms with Crippen LogP contribution in [0.5, 0.6) is 0 Å². The number of hydrogen-bond acceptors (Lipinski definition) is 5. The lowest BCUT2D eigenvalue weighted by atomic mass is 10.1. The number of thiazole rings is 1. The molecule has 2 aromatic heterocycles. The second-order valence-corrected chi connectivity index (χ2v) is 6.30. The summed E-state index contributed by atoms with van der Waals surface area (Å²) in [6.07, 6.45) is 3.71. The molecule has 1 aromatic carbocycles. The zero-order chi connectivity index (χ0) is 16.9. The van der Waals surface area contributed by atoms with Gasteiger partial charge in [-0.1, -0.05) is 18.2 Å². The van der Waals surface area contributed by atoms with Crippen LogP contribution >= 0.6 is 11.3 Å². The largest absolute Gasteiger partial charge is 0.304 e. The third-order valence-corrected chi connectivity index (χ3v) is 4.39. The van der Waals surface area contributed by atoms with Crippen LogP contribution in [0, 0.1) is 0 Å². The van der Waals surface area contributed by atoms with E-state index in [-0.39, 0.29) is 11.9 Å². The van der Waals surface area contributed by atoms with Gasteiger partial charge in [0, 0.05) is 37.3 Å². The highest BCUT2D eigenvalue weighted by Gasteiger charge is 2.12. The van der Waals surface area contributed by atoms with E-state index in [4.69, 9.17) is 0 Å². The summed E-state index contributed by atoms with van der Waals surface area (Å²) in [5.74, 6) is -0.106. The Morgan fingerprint density at radius 1 is 1.33 bits per heavy atom. The van der Waals surface area contributed by atoms with E-state index in [1.165, 1.54) is 23.8 Å². The summed E-state index contributed by atoms with van der Waals surface area (Å²) in [7, 11) is 0. The highest BCUT2D eigenvalue weighted by Crippen LogP contribution is 2.22. The van der Waals surface area contributed by atoms with Crippen molar-refractivity contribution in [2.45, 2.75) is 26.4 Å². The van der Waals surface area contributed by atoms with E-state index >= 15 is 0 Å². The molecule has 0 radical (unpaired) electrons. The number of amides is 1. The second-order valence-electron chi connectivity index (χ2n) is 5.44. The van der Waals surface area contributed by atoms with Gasteiger partial charge in [-0.05, 0) is 24.6 Å². The van der Waals surface area contributed by atoms with Crippen LogP contribution in [0.1, 0.15) is 31.1 Å². The number of hydrogen-bond donors (Lipinski definition) is 2. The maximum Gasteiger partial charge on any atom is 0.223 e. The molecule has 0 saturated heterocycles. The fraction of sp³-hybridized carbons (Fsp3) is 0.235. The Labute approximate surface area is 144 Å². The van der Waals surface area contributed by atoms with Crippen molar-refractivity contribution < 1.29 is 4.79 Å². The molecular formula is C17H19N5OS. The third-order valence-electron chi connectivity index (χ3n) is 3.58. The van der Waals surface area contributed by atoms with Gasteiger partial charge in [-0.25, -0.2) is 9.67 Å². The minimum absolute atomic E-state index is 0.106. The van der Waals surface area contributed by atoms with Gasteiger partial charge < -0.3 is 10.6 Å². The quantitative estimate of drug-likeness (QED) is 0.722. The fourth-order valence-corrected chi connectivity index (χ4v) is 3.19. The number of aromatic nitrogens is 3. The fourth-order valence-electron chi connectivity index (χ4n) is 2.44. The number of rotatable bonds is 6. The lowest BCUT2D eigenvalue weighted by Crippen LogP contribution is -2.20. The van der Waals surface area contributed by atoms with E-state index in [1.807, 2.05) is 34.5 Å². The van der Waals surface area contributed by atoms with Crippen LogP contribution in [0.2, 0.25) is 0 Å². The first-order valence-corrected chi connectivity index (χ1v) is 8.56. The summed E-state index contributed by atoms with van der Waals surface area (Å²) in [5.41, 5.74) is 3.13.